The highest BCUT2D eigenvalue weighted by Gasteiger charge is 2.23. The van der Waals surface area contributed by atoms with Gasteiger partial charge in [0, 0.05) is 63.2 Å². The van der Waals surface area contributed by atoms with Crippen LogP contribution in [0.5, 0.6) is 5.75 Å². The van der Waals surface area contributed by atoms with Crippen LogP contribution in [0.25, 0.3) is 22.0 Å². The molecule has 0 bridgehead atoms. The zero-order valence-corrected chi connectivity index (χ0v) is 33.0. The number of hydrogen-bond donors (Lipinski definition) is 5. The molecule has 6 rings (SSSR count). The fourth-order valence-corrected chi connectivity index (χ4v) is 6.40. The second kappa shape index (κ2) is 22.8. The van der Waals surface area contributed by atoms with Crippen LogP contribution in [0.4, 0.5) is 10.5 Å². The van der Waals surface area contributed by atoms with Crippen molar-refractivity contribution < 1.29 is 24.5 Å². The van der Waals surface area contributed by atoms with E-state index in [0.717, 1.165) is 68.8 Å². The Kier molecular flexibility index (Phi) is 17.6. The first-order chi connectivity index (χ1) is 27.2. The number of benzene rings is 4. The molecule has 4 aromatic carbocycles. The number of phenols is 1. The topological polar surface area (TPSA) is 147 Å². The molecule has 1 fully saturated rings. The number of H-pyrrole nitrogens is 1. The summed E-state index contributed by atoms with van der Waals surface area (Å²) < 4.78 is 5.66. The fourth-order valence-electron chi connectivity index (χ4n) is 6.40. The summed E-state index contributed by atoms with van der Waals surface area (Å²) in [5.41, 5.74) is 4.73. The number of carbonyl (C=O) groups excluding carboxylic acids is 2. The molecule has 1 atom stereocenters. The Morgan fingerprint density at radius 3 is 2.27 bits per heavy atom. The number of para-hydroxylation sites is 1. The van der Waals surface area contributed by atoms with E-state index >= 15 is 0 Å². The quantitative estimate of drug-likeness (QED) is 0.0783. The van der Waals surface area contributed by atoms with Gasteiger partial charge in [-0.3, -0.25) is 14.9 Å². The minimum absolute atomic E-state index is 0.00399. The summed E-state index contributed by atoms with van der Waals surface area (Å²) in [6, 6.07) is 34.0. The third-order valence-corrected chi connectivity index (χ3v) is 9.64. The van der Waals surface area contributed by atoms with Crippen LogP contribution in [0.3, 0.4) is 0 Å². The lowest BCUT2D eigenvalue weighted by molar-refractivity contribution is -0.130. The second-order valence-electron chi connectivity index (χ2n) is 13.4. The third kappa shape index (κ3) is 13.1. The number of piperidine rings is 1. The molecule has 1 saturated heterocycles. The Morgan fingerprint density at radius 2 is 1.57 bits per heavy atom. The largest absolute Gasteiger partial charge is 0.506 e. The molecule has 11 nitrogen and oxygen atoms in total. The lowest BCUT2D eigenvalue weighted by Gasteiger charge is -2.31. The number of ether oxygens (including phenoxy) is 1. The predicted molar refractivity (Wildman–Crippen MR) is 225 cm³/mol. The molecule has 5 aromatic rings. The number of amides is 2. The number of aromatic hydroxyl groups is 1. The van der Waals surface area contributed by atoms with Crippen molar-refractivity contribution in [1.82, 2.24) is 20.1 Å². The minimum atomic E-state index is -0.727. The van der Waals surface area contributed by atoms with Gasteiger partial charge in [-0.05, 0) is 67.6 Å². The number of aromatic nitrogens is 1. The first-order valence-corrected chi connectivity index (χ1v) is 19.6. The molecule has 2 amide bonds. The molecule has 56 heavy (non-hydrogen) atoms. The Balaban J connectivity index is 0.000000243. The molecule has 298 valence electrons. The van der Waals surface area contributed by atoms with Gasteiger partial charge in [-0.15, -0.1) is 0 Å². The van der Waals surface area contributed by atoms with Crippen molar-refractivity contribution in [3.63, 3.8) is 0 Å². The van der Waals surface area contributed by atoms with Gasteiger partial charge in [0.1, 0.15) is 11.9 Å². The fraction of sp³-hybridized carbons (Fsp3) is 0.356. The van der Waals surface area contributed by atoms with E-state index in [0.29, 0.717) is 29.4 Å². The molecule has 0 unspecified atom stereocenters. The normalized spacial score (nSPS) is 13.4. The first kappa shape index (κ1) is 43.2. The van der Waals surface area contributed by atoms with Gasteiger partial charge < -0.3 is 35.1 Å². The molecular weight excluding hydrogens is 707 g/mol. The van der Waals surface area contributed by atoms with Gasteiger partial charge in [-0.2, -0.15) is 0 Å². The maximum atomic E-state index is 12.5. The van der Waals surface area contributed by atoms with Gasteiger partial charge in [-0.1, -0.05) is 98.8 Å². The number of anilines is 1. The maximum absolute atomic E-state index is 12.5. The van der Waals surface area contributed by atoms with Gasteiger partial charge in [0.15, 0.2) is 0 Å². The molecular formula is C45H57N5O6. The SMILES string of the molecule is CC.CCN(C)C(=O)CCN1CCC(OC(=O)Nc2ccccc2-c2ccccc2)CC1.O=c1ccc2c([C@@H](O)CNCCc3ccccc3)ccc(O)c2[nH]1. The summed E-state index contributed by atoms with van der Waals surface area (Å²) in [5, 5.41) is 27.1. The van der Waals surface area contributed by atoms with Crippen LogP contribution in [0.1, 0.15) is 57.3 Å². The van der Waals surface area contributed by atoms with Crippen LogP contribution in [0.2, 0.25) is 0 Å². The van der Waals surface area contributed by atoms with Crippen molar-refractivity contribution >= 4 is 28.6 Å². The van der Waals surface area contributed by atoms with E-state index < -0.39 is 12.2 Å². The van der Waals surface area contributed by atoms with E-state index in [9.17, 15) is 24.6 Å². The van der Waals surface area contributed by atoms with Crippen LogP contribution in [0.15, 0.2) is 114 Å². The van der Waals surface area contributed by atoms with Crippen molar-refractivity contribution in [3.8, 4) is 16.9 Å². The first-order valence-electron chi connectivity index (χ1n) is 19.6. The van der Waals surface area contributed by atoms with Gasteiger partial charge >= 0.3 is 6.09 Å². The van der Waals surface area contributed by atoms with Crippen molar-refractivity contribution in [3.05, 3.63) is 131 Å². The summed E-state index contributed by atoms with van der Waals surface area (Å²) in [6.45, 7) is 10.3. The summed E-state index contributed by atoms with van der Waals surface area (Å²) in [5.74, 6) is 0.169. The molecule has 0 spiro atoms. The highest BCUT2D eigenvalue weighted by molar-refractivity contribution is 5.91. The summed E-state index contributed by atoms with van der Waals surface area (Å²) in [6.07, 6.45) is 1.74. The van der Waals surface area contributed by atoms with Crippen molar-refractivity contribution in [2.75, 3.05) is 51.6 Å². The second-order valence-corrected chi connectivity index (χ2v) is 13.4. The number of likely N-dealkylation sites (tertiary alicyclic amines) is 1. The lowest BCUT2D eigenvalue weighted by Crippen LogP contribution is -2.40. The average Bonchev–Trinajstić information content (AvgIpc) is 3.23. The van der Waals surface area contributed by atoms with E-state index in [2.05, 4.69) is 32.7 Å². The summed E-state index contributed by atoms with van der Waals surface area (Å²) in [4.78, 5) is 42.5. The molecule has 0 aliphatic carbocycles. The van der Waals surface area contributed by atoms with Crippen LogP contribution >= 0.6 is 0 Å². The van der Waals surface area contributed by atoms with E-state index in [1.54, 1.807) is 17.0 Å². The highest BCUT2D eigenvalue weighted by atomic mass is 16.6. The number of aliphatic hydroxyl groups excluding tert-OH is 1. The number of hydrogen-bond acceptors (Lipinski definition) is 8. The van der Waals surface area contributed by atoms with E-state index in [-0.39, 0.29) is 23.3 Å². The molecule has 0 saturated carbocycles. The lowest BCUT2D eigenvalue weighted by atomic mass is 10.0. The van der Waals surface area contributed by atoms with Crippen molar-refractivity contribution in [2.24, 2.45) is 0 Å². The summed E-state index contributed by atoms with van der Waals surface area (Å²) >= 11 is 0. The molecule has 0 radical (unpaired) electrons. The Hall–Kier alpha value is -5.49. The van der Waals surface area contributed by atoms with E-state index in [1.165, 1.54) is 17.7 Å². The molecule has 1 aromatic heterocycles. The van der Waals surface area contributed by atoms with Crippen LogP contribution in [-0.4, -0.2) is 89.4 Å². The smallest absolute Gasteiger partial charge is 0.411 e. The van der Waals surface area contributed by atoms with Gasteiger partial charge in [0.2, 0.25) is 11.5 Å². The number of pyridine rings is 1. The van der Waals surface area contributed by atoms with Crippen LogP contribution in [0, 0.1) is 0 Å². The molecule has 1 aliphatic rings. The average molecular weight is 764 g/mol. The Morgan fingerprint density at radius 1 is 0.911 bits per heavy atom. The standard InChI is InChI=1S/C24H31N3O3.C19H20N2O3.C2H6/c1-3-26(2)23(28)15-18-27-16-13-20(14-17-27)30-24(29)25-22-12-8-7-11-21(22)19-9-5-4-6-10-19;22-16-8-6-14(15-7-9-18(24)21-19(15)16)17(23)12-20-11-10-13-4-2-1-3-5-13;1-2/h4-12,20H,3,13-18H2,1-2H3,(H,25,29);1-9,17,20,22-23H,10-12H2,(H,21,24);1-2H3/t;17-;/m.0./s1. The number of carbonyl (C=O) groups is 2. The number of aromatic amines is 1. The van der Waals surface area contributed by atoms with Crippen LogP contribution < -0.4 is 16.2 Å². The number of nitrogens with zero attached hydrogens (tertiary/aromatic N) is 2. The van der Waals surface area contributed by atoms with Crippen molar-refractivity contribution in [2.45, 2.75) is 58.7 Å². The van der Waals surface area contributed by atoms with E-state index in [4.69, 9.17) is 4.74 Å². The Labute approximate surface area is 330 Å². The number of phenolic OH excluding ortho intramolecular Hbond substituents is 1. The zero-order valence-electron chi connectivity index (χ0n) is 33.0. The van der Waals surface area contributed by atoms with Gasteiger partial charge in [-0.25, -0.2) is 4.79 Å². The van der Waals surface area contributed by atoms with Crippen molar-refractivity contribution in [1.29, 1.82) is 0 Å². The maximum Gasteiger partial charge on any atom is 0.411 e. The molecule has 11 heteroatoms. The number of rotatable bonds is 13. The Bertz CT molecular complexity index is 2000. The number of fused-ring (bicyclic) bond motifs is 1. The predicted octanol–water partition coefficient (Wildman–Crippen LogP) is 7.36. The molecule has 1 aliphatic heterocycles. The monoisotopic (exact) mass is 763 g/mol. The third-order valence-electron chi connectivity index (χ3n) is 9.64. The van der Waals surface area contributed by atoms with E-state index in [1.807, 2.05) is 101 Å². The number of nitrogens with one attached hydrogen (secondary N) is 3. The summed E-state index contributed by atoms with van der Waals surface area (Å²) in [7, 11) is 1.83. The minimum Gasteiger partial charge on any atom is -0.506 e. The zero-order chi connectivity index (χ0) is 40.3. The van der Waals surface area contributed by atoms with Gasteiger partial charge in [0.05, 0.1) is 17.3 Å². The van der Waals surface area contributed by atoms with Crippen LogP contribution in [-0.2, 0) is 16.0 Å². The van der Waals surface area contributed by atoms with Gasteiger partial charge in [0.25, 0.3) is 0 Å². The molecule has 2 heterocycles. The molecule has 5 N–H and O–H groups in total. The number of aliphatic hydroxyl groups is 1. The highest BCUT2D eigenvalue weighted by Crippen LogP contribution is 2.29.